The van der Waals surface area contributed by atoms with Gasteiger partial charge in [0.15, 0.2) is 0 Å². The van der Waals surface area contributed by atoms with Crippen LogP contribution in [-0.2, 0) is 7.05 Å². The number of hydrogen-bond donors (Lipinski definition) is 0. The van der Waals surface area contributed by atoms with E-state index in [0.717, 1.165) is 21.7 Å². The molecule has 0 N–H and O–H groups in total. The molecule has 2 rings (SSSR count). The van der Waals surface area contributed by atoms with Gasteiger partial charge in [0.2, 0.25) is 0 Å². The maximum atomic E-state index is 11.5. The minimum atomic E-state index is -0.0193. The van der Waals surface area contributed by atoms with Crippen LogP contribution >= 0.6 is 11.6 Å². The lowest BCUT2D eigenvalue weighted by Crippen LogP contribution is -2.14. The van der Waals surface area contributed by atoms with Crippen molar-refractivity contribution in [2.24, 2.45) is 7.05 Å². The number of benzene rings is 1. The Bertz CT molecular complexity index is 587. The van der Waals surface area contributed by atoms with Crippen molar-refractivity contribution in [1.29, 1.82) is 0 Å². The van der Waals surface area contributed by atoms with Gasteiger partial charge in [0.1, 0.15) is 0 Å². The standard InChI is InChI=1S/C13H12ClNO/c1-9-3-4-10(7-12(9)14)11-5-6-15(2)13(16)8-11/h3-8H,1-2H3. The van der Waals surface area contributed by atoms with Crippen molar-refractivity contribution in [1.82, 2.24) is 4.57 Å². The van der Waals surface area contributed by atoms with Gasteiger partial charge in [-0.05, 0) is 35.7 Å². The van der Waals surface area contributed by atoms with Crippen LogP contribution in [0, 0.1) is 6.92 Å². The second-order valence-electron chi connectivity index (χ2n) is 3.83. The SMILES string of the molecule is Cc1ccc(-c2ccn(C)c(=O)c2)cc1Cl. The van der Waals surface area contributed by atoms with Gasteiger partial charge >= 0.3 is 0 Å². The summed E-state index contributed by atoms with van der Waals surface area (Å²) in [7, 11) is 1.73. The van der Waals surface area contributed by atoms with Crippen LogP contribution in [0.4, 0.5) is 0 Å². The Labute approximate surface area is 99.1 Å². The third kappa shape index (κ3) is 2.02. The molecule has 0 amide bonds. The number of halogens is 1. The smallest absolute Gasteiger partial charge is 0.250 e. The fourth-order valence-electron chi connectivity index (χ4n) is 1.50. The van der Waals surface area contributed by atoms with E-state index in [1.54, 1.807) is 23.9 Å². The lowest BCUT2D eigenvalue weighted by atomic mass is 10.1. The quantitative estimate of drug-likeness (QED) is 0.742. The average molecular weight is 234 g/mol. The Morgan fingerprint density at radius 2 is 1.81 bits per heavy atom. The molecule has 1 aromatic heterocycles. The van der Waals surface area contributed by atoms with Crippen LogP contribution in [0.25, 0.3) is 11.1 Å². The average Bonchev–Trinajstić information content (AvgIpc) is 2.26. The normalized spacial score (nSPS) is 10.4. The number of rotatable bonds is 1. The number of hydrogen-bond acceptors (Lipinski definition) is 1. The molecule has 0 aliphatic rings. The molecule has 82 valence electrons. The van der Waals surface area contributed by atoms with Crippen LogP contribution in [-0.4, -0.2) is 4.57 Å². The van der Waals surface area contributed by atoms with Crippen LogP contribution in [0.2, 0.25) is 5.02 Å². The van der Waals surface area contributed by atoms with Crippen molar-refractivity contribution < 1.29 is 0 Å². The lowest BCUT2D eigenvalue weighted by molar-refractivity contribution is 0.861. The Morgan fingerprint density at radius 3 is 2.44 bits per heavy atom. The van der Waals surface area contributed by atoms with Crippen LogP contribution in [0.15, 0.2) is 41.3 Å². The summed E-state index contributed by atoms with van der Waals surface area (Å²) >= 11 is 6.05. The van der Waals surface area contributed by atoms with E-state index in [-0.39, 0.29) is 5.56 Å². The third-order valence-corrected chi connectivity index (χ3v) is 3.02. The first-order valence-electron chi connectivity index (χ1n) is 5.01. The molecule has 0 saturated heterocycles. The summed E-state index contributed by atoms with van der Waals surface area (Å²) in [4.78, 5) is 11.5. The number of aromatic nitrogens is 1. The van der Waals surface area contributed by atoms with E-state index in [9.17, 15) is 4.79 Å². The molecule has 0 aliphatic carbocycles. The highest BCUT2D eigenvalue weighted by atomic mass is 35.5. The highest BCUT2D eigenvalue weighted by Crippen LogP contribution is 2.24. The monoisotopic (exact) mass is 233 g/mol. The minimum Gasteiger partial charge on any atom is -0.319 e. The molecule has 0 bridgehead atoms. The van der Waals surface area contributed by atoms with Gasteiger partial charge in [-0.25, -0.2) is 0 Å². The number of pyridine rings is 1. The van der Waals surface area contributed by atoms with Crippen LogP contribution in [0.1, 0.15) is 5.56 Å². The first kappa shape index (κ1) is 11.0. The zero-order valence-electron chi connectivity index (χ0n) is 9.20. The molecule has 2 nitrogen and oxygen atoms in total. The van der Waals surface area contributed by atoms with E-state index in [1.807, 2.05) is 31.2 Å². The van der Waals surface area contributed by atoms with E-state index in [1.165, 1.54) is 0 Å². The summed E-state index contributed by atoms with van der Waals surface area (Å²) < 4.78 is 1.54. The van der Waals surface area contributed by atoms with E-state index in [4.69, 9.17) is 11.6 Å². The molecule has 3 heteroatoms. The molecular weight excluding hydrogens is 222 g/mol. The fourth-order valence-corrected chi connectivity index (χ4v) is 1.68. The molecule has 0 spiro atoms. The van der Waals surface area contributed by atoms with E-state index >= 15 is 0 Å². The second kappa shape index (κ2) is 4.14. The van der Waals surface area contributed by atoms with Crippen molar-refractivity contribution in [3.8, 4) is 11.1 Å². The molecule has 16 heavy (non-hydrogen) atoms. The largest absolute Gasteiger partial charge is 0.319 e. The van der Waals surface area contributed by atoms with Gasteiger partial charge in [0.05, 0.1) is 0 Å². The molecule has 1 heterocycles. The van der Waals surface area contributed by atoms with Crippen LogP contribution in [0.5, 0.6) is 0 Å². The maximum absolute atomic E-state index is 11.5. The molecule has 0 aliphatic heterocycles. The Hall–Kier alpha value is -1.54. The summed E-state index contributed by atoms with van der Waals surface area (Å²) in [5, 5.41) is 0.721. The summed E-state index contributed by atoms with van der Waals surface area (Å²) in [6.45, 7) is 1.95. The third-order valence-electron chi connectivity index (χ3n) is 2.61. The van der Waals surface area contributed by atoms with Gasteiger partial charge < -0.3 is 4.57 Å². The summed E-state index contributed by atoms with van der Waals surface area (Å²) in [5.74, 6) is 0. The first-order chi connectivity index (χ1) is 7.58. The van der Waals surface area contributed by atoms with Gasteiger partial charge in [-0.1, -0.05) is 23.7 Å². The van der Waals surface area contributed by atoms with Crippen molar-refractivity contribution in [3.05, 3.63) is 57.5 Å². The van der Waals surface area contributed by atoms with Gasteiger partial charge in [-0.2, -0.15) is 0 Å². The second-order valence-corrected chi connectivity index (χ2v) is 4.24. The molecule has 0 radical (unpaired) electrons. The molecule has 0 saturated carbocycles. The number of aryl methyl sites for hydroxylation is 2. The Kier molecular flexibility index (Phi) is 2.84. The van der Waals surface area contributed by atoms with Gasteiger partial charge in [0.25, 0.3) is 5.56 Å². The molecular formula is C13H12ClNO. The molecule has 0 atom stereocenters. The van der Waals surface area contributed by atoms with Crippen molar-refractivity contribution in [2.75, 3.05) is 0 Å². The zero-order valence-corrected chi connectivity index (χ0v) is 9.95. The minimum absolute atomic E-state index is 0.0193. The highest BCUT2D eigenvalue weighted by Gasteiger charge is 2.02. The Balaban J connectivity index is 2.55. The summed E-state index contributed by atoms with van der Waals surface area (Å²) in [6.07, 6.45) is 1.76. The molecule has 2 aromatic rings. The predicted molar refractivity (Wildman–Crippen MR) is 66.9 cm³/mol. The van der Waals surface area contributed by atoms with Crippen molar-refractivity contribution in [3.63, 3.8) is 0 Å². The van der Waals surface area contributed by atoms with Crippen molar-refractivity contribution in [2.45, 2.75) is 6.92 Å². The molecule has 0 unspecified atom stereocenters. The van der Waals surface area contributed by atoms with E-state index < -0.39 is 0 Å². The highest BCUT2D eigenvalue weighted by molar-refractivity contribution is 6.31. The van der Waals surface area contributed by atoms with Gasteiger partial charge in [0, 0.05) is 24.3 Å². The van der Waals surface area contributed by atoms with Crippen LogP contribution in [0.3, 0.4) is 0 Å². The predicted octanol–water partition coefficient (Wildman–Crippen LogP) is 3.01. The number of nitrogens with zero attached hydrogens (tertiary/aromatic N) is 1. The maximum Gasteiger partial charge on any atom is 0.250 e. The van der Waals surface area contributed by atoms with E-state index in [0.29, 0.717) is 0 Å². The fraction of sp³-hybridized carbons (Fsp3) is 0.154. The molecule has 1 aromatic carbocycles. The Morgan fingerprint density at radius 1 is 1.12 bits per heavy atom. The van der Waals surface area contributed by atoms with Gasteiger partial charge in [-0.15, -0.1) is 0 Å². The first-order valence-corrected chi connectivity index (χ1v) is 5.39. The van der Waals surface area contributed by atoms with Crippen LogP contribution < -0.4 is 5.56 Å². The van der Waals surface area contributed by atoms with Crippen molar-refractivity contribution >= 4 is 11.6 Å². The molecule has 0 fully saturated rings. The summed E-state index contributed by atoms with van der Waals surface area (Å²) in [5.41, 5.74) is 2.88. The topological polar surface area (TPSA) is 22.0 Å². The lowest BCUT2D eigenvalue weighted by Gasteiger charge is -2.05. The zero-order chi connectivity index (χ0) is 11.7. The van der Waals surface area contributed by atoms with Gasteiger partial charge in [-0.3, -0.25) is 4.79 Å². The summed E-state index contributed by atoms with van der Waals surface area (Å²) in [6, 6.07) is 9.32. The van der Waals surface area contributed by atoms with E-state index in [2.05, 4.69) is 0 Å².